The zero-order valence-electron chi connectivity index (χ0n) is 11.7. The standard InChI is InChI=1S/C15H19NO4/c1-10-5-11(2)7-13(6-10)20-15-4-3-12(9-17)8-14(15)16(18)19/h3-4,8-11,13H,5-7H2,1-2H3. The van der Waals surface area contributed by atoms with Crippen LogP contribution in [0.15, 0.2) is 18.2 Å². The molecule has 2 atom stereocenters. The summed E-state index contributed by atoms with van der Waals surface area (Å²) >= 11 is 0. The summed E-state index contributed by atoms with van der Waals surface area (Å²) in [5.74, 6) is 1.39. The van der Waals surface area contributed by atoms with Crippen molar-refractivity contribution in [3.8, 4) is 5.75 Å². The first-order chi connectivity index (χ1) is 9.49. The molecular formula is C15H19NO4. The van der Waals surface area contributed by atoms with Gasteiger partial charge in [0.05, 0.1) is 11.0 Å². The minimum Gasteiger partial charge on any atom is -0.483 e. The molecule has 1 aromatic rings. The predicted octanol–water partition coefficient (Wildman–Crippen LogP) is 3.61. The Kier molecular flexibility index (Phi) is 4.37. The summed E-state index contributed by atoms with van der Waals surface area (Å²) in [5.41, 5.74) is 0.148. The number of hydrogen-bond acceptors (Lipinski definition) is 4. The normalized spacial score (nSPS) is 26.0. The van der Waals surface area contributed by atoms with Crippen LogP contribution < -0.4 is 4.74 Å². The van der Waals surface area contributed by atoms with Gasteiger partial charge in [-0.25, -0.2) is 0 Å². The molecule has 1 saturated carbocycles. The van der Waals surface area contributed by atoms with Crippen molar-refractivity contribution in [3.05, 3.63) is 33.9 Å². The first kappa shape index (κ1) is 14.5. The summed E-state index contributed by atoms with van der Waals surface area (Å²) in [4.78, 5) is 21.3. The van der Waals surface area contributed by atoms with E-state index in [1.54, 1.807) is 6.07 Å². The molecule has 0 aromatic heterocycles. The largest absolute Gasteiger partial charge is 0.483 e. The van der Waals surface area contributed by atoms with Gasteiger partial charge < -0.3 is 4.74 Å². The lowest BCUT2D eigenvalue weighted by Gasteiger charge is -2.31. The first-order valence-electron chi connectivity index (χ1n) is 6.90. The smallest absolute Gasteiger partial charge is 0.311 e. The number of rotatable bonds is 4. The minimum atomic E-state index is -0.502. The van der Waals surface area contributed by atoms with E-state index >= 15 is 0 Å². The number of nitro benzene ring substituents is 1. The van der Waals surface area contributed by atoms with Crippen LogP contribution in [0.2, 0.25) is 0 Å². The number of benzene rings is 1. The van der Waals surface area contributed by atoms with Gasteiger partial charge >= 0.3 is 5.69 Å². The number of ether oxygens (including phenoxy) is 1. The van der Waals surface area contributed by atoms with E-state index in [1.807, 2.05) is 0 Å². The lowest BCUT2D eigenvalue weighted by atomic mass is 9.82. The van der Waals surface area contributed by atoms with Crippen molar-refractivity contribution in [1.82, 2.24) is 0 Å². The minimum absolute atomic E-state index is 0.00883. The van der Waals surface area contributed by atoms with Crippen LogP contribution in [0.3, 0.4) is 0 Å². The SMILES string of the molecule is CC1CC(C)CC(Oc2ccc(C=O)cc2[N+](=O)[O-])C1. The Morgan fingerprint density at radius 2 is 1.90 bits per heavy atom. The molecule has 1 aliphatic carbocycles. The van der Waals surface area contributed by atoms with Crippen LogP contribution in [0.25, 0.3) is 0 Å². The second-order valence-corrected chi connectivity index (χ2v) is 5.76. The van der Waals surface area contributed by atoms with E-state index < -0.39 is 4.92 Å². The van der Waals surface area contributed by atoms with Gasteiger partial charge in [-0.2, -0.15) is 0 Å². The van der Waals surface area contributed by atoms with E-state index in [9.17, 15) is 14.9 Å². The molecule has 2 rings (SSSR count). The Morgan fingerprint density at radius 1 is 1.25 bits per heavy atom. The topological polar surface area (TPSA) is 69.4 Å². The fourth-order valence-electron chi connectivity index (χ4n) is 3.00. The Balaban J connectivity index is 2.20. The molecule has 0 saturated heterocycles. The number of hydrogen-bond donors (Lipinski definition) is 0. The quantitative estimate of drug-likeness (QED) is 0.479. The summed E-state index contributed by atoms with van der Waals surface area (Å²) in [6.07, 6.45) is 3.61. The molecule has 2 unspecified atom stereocenters. The molecule has 5 nitrogen and oxygen atoms in total. The number of carbonyl (C=O) groups excluding carboxylic acids is 1. The van der Waals surface area contributed by atoms with Crippen molar-refractivity contribution in [2.45, 2.75) is 39.2 Å². The van der Waals surface area contributed by atoms with Crippen LogP contribution >= 0.6 is 0 Å². The van der Waals surface area contributed by atoms with Crippen molar-refractivity contribution in [3.63, 3.8) is 0 Å². The number of nitrogens with zero attached hydrogens (tertiary/aromatic N) is 1. The fourth-order valence-corrected chi connectivity index (χ4v) is 3.00. The molecule has 0 spiro atoms. The molecule has 20 heavy (non-hydrogen) atoms. The maximum absolute atomic E-state index is 11.1. The molecule has 108 valence electrons. The summed E-state index contributed by atoms with van der Waals surface area (Å²) < 4.78 is 5.83. The van der Waals surface area contributed by atoms with Crippen molar-refractivity contribution in [2.24, 2.45) is 11.8 Å². The molecule has 1 aromatic carbocycles. The van der Waals surface area contributed by atoms with Gasteiger partial charge in [0.1, 0.15) is 6.29 Å². The molecule has 5 heteroatoms. The van der Waals surface area contributed by atoms with Crippen molar-refractivity contribution in [2.75, 3.05) is 0 Å². The highest BCUT2D eigenvalue weighted by Gasteiger charge is 2.27. The average molecular weight is 277 g/mol. The van der Waals surface area contributed by atoms with Crippen LogP contribution in [0.4, 0.5) is 5.69 Å². The van der Waals surface area contributed by atoms with Gasteiger partial charge in [-0.15, -0.1) is 0 Å². The van der Waals surface area contributed by atoms with E-state index in [-0.39, 0.29) is 23.1 Å². The van der Waals surface area contributed by atoms with Crippen molar-refractivity contribution >= 4 is 12.0 Å². The van der Waals surface area contributed by atoms with Gasteiger partial charge in [0, 0.05) is 11.6 Å². The van der Waals surface area contributed by atoms with Crippen molar-refractivity contribution in [1.29, 1.82) is 0 Å². The van der Waals surface area contributed by atoms with Crippen LogP contribution in [0, 0.1) is 22.0 Å². The third-order valence-corrected chi connectivity index (χ3v) is 3.74. The van der Waals surface area contributed by atoms with Gasteiger partial charge in [-0.1, -0.05) is 13.8 Å². The Morgan fingerprint density at radius 3 is 2.45 bits per heavy atom. The highest BCUT2D eigenvalue weighted by Crippen LogP contribution is 2.34. The Bertz CT molecular complexity index is 505. The second kappa shape index (κ2) is 6.03. The summed E-state index contributed by atoms with van der Waals surface area (Å²) in [6, 6.07) is 4.33. The molecule has 0 aliphatic heterocycles. The molecule has 0 bridgehead atoms. The molecule has 0 N–H and O–H groups in total. The molecule has 1 fully saturated rings. The lowest BCUT2D eigenvalue weighted by Crippen LogP contribution is -2.28. The van der Waals surface area contributed by atoms with Crippen LogP contribution in [0.1, 0.15) is 43.5 Å². The van der Waals surface area contributed by atoms with Crippen molar-refractivity contribution < 1.29 is 14.5 Å². The molecule has 0 radical (unpaired) electrons. The zero-order valence-corrected chi connectivity index (χ0v) is 11.7. The summed E-state index contributed by atoms with van der Waals surface area (Å²) in [7, 11) is 0. The van der Waals surface area contributed by atoms with E-state index in [2.05, 4.69) is 13.8 Å². The highest BCUT2D eigenvalue weighted by atomic mass is 16.6. The van der Waals surface area contributed by atoms with Gasteiger partial charge in [0.15, 0.2) is 5.75 Å². The van der Waals surface area contributed by atoms with Gasteiger partial charge in [-0.05, 0) is 43.2 Å². The Hall–Kier alpha value is -1.91. The predicted molar refractivity (Wildman–Crippen MR) is 75.1 cm³/mol. The average Bonchev–Trinajstić information content (AvgIpc) is 2.37. The first-order valence-corrected chi connectivity index (χ1v) is 6.90. The van der Waals surface area contributed by atoms with E-state index in [4.69, 9.17) is 4.74 Å². The van der Waals surface area contributed by atoms with E-state index in [0.717, 1.165) is 12.8 Å². The van der Waals surface area contributed by atoms with E-state index in [0.29, 0.717) is 18.1 Å². The van der Waals surface area contributed by atoms with Gasteiger partial charge in [0.25, 0.3) is 0 Å². The molecular weight excluding hydrogens is 258 g/mol. The van der Waals surface area contributed by atoms with Crippen LogP contribution in [0.5, 0.6) is 5.75 Å². The highest BCUT2D eigenvalue weighted by molar-refractivity contribution is 5.77. The fraction of sp³-hybridized carbons (Fsp3) is 0.533. The number of carbonyl (C=O) groups is 1. The van der Waals surface area contributed by atoms with Crippen LogP contribution in [-0.2, 0) is 0 Å². The lowest BCUT2D eigenvalue weighted by molar-refractivity contribution is -0.386. The number of aldehydes is 1. The Labute approximate surface area is 118 Å². The molecule has 1 aliphatic rings. The van der Waals surface area contributed by atoms with E-state index in [1.165, 1.54) is 18.6 Å². The van der Waals surface area contributed by atoms with Crippen LogP contribution in [-0.4, -0.2) is 17.3 Å². The molecule has 0 heterocycles. The maximum Gasteiger partial charge on any atom is 0.311 e. The third kappa shape index (κ3) is 3.35. The molecule has 0 amide bonds. The van der Waals surface area contributed by atoms with Gasteiger partial charge in [-0.3, -0.25) is 14.9 Å². The maximum atomic E-state index is 11.1. The zero-order chi connectivity index (χ0) is 14.7. The van der Waals surface area contributed by atoms with Gasteiger partial charge in [0.2, 0.25) is 0 Å². The third-order valence-electron chi connectivity index (χ3n) is 3.74. The monoisotopic (exact) mass is 277 g/mol. The second-order valence-electron chi connectivity index (χ2n) is 5.76. The summed E-state index contributed by atoms with van der Waals surface area (Å²) in [6.45, 7) is 4.35. The summed E-state index contributed by atoms with van der Waals surface area (Å²) in [5, 5.41) is 11.1. The number of nitro groups is 1.